The lowest BCUT2D eigenvalue weighted by Crippen LogP contribution is -2.20. The first-order chi connectivity index (χ1) is 7.26. The van der Waals surface area contributed by atoms with Crippen LogP contribution >= 0.6 is 0 Å². The van der Waals surface area contributed by atoms with Gasteiger partial charge in [0.2, 0.25) is 0 Å². The van der Waals surface area contributed by atoms with Gasteiger partial charge in [0.05, 0.1) is 12.3 Å². The van der Waals surface area contributed by atoms with Gasteiger partial charge in [-0.15, -0.1) is 0 Å². The third-order valence-corrected chi connectivity index (χ3v) is 2.86. The van der Waals surface area contributed by atoms with Gasteiger partial charge in [-0.2, -0.15) is 0 Å². The normalized spacial score (nSPS) is 28.0. The summed E-state index contributed by atoms with van der Waals surface area (Å²) in [5.41, 5.74) is 0. The topological polar surface area (TPSA) is 33.1 Å². The minimum Gasteiger partial charge on any atom is -0.489 e. The second-order valence-corrected chi connectivity index (χ2v) is 4.24. The molecule has 0 spiro atoms. The Morgan fingerprint density at radius 1 is 1.27 bits per heavy atom. The molecule has 0 amide bonds. The van der Waals surface area contributed by atoms with Crippen molar-refractivity contribution in [3.63, 3.8) is 0 Å². The molecule has 0 atom stereocenters. The summed E-state index contributed by atoms with van der Waals surface area (Å²) in [5, 5.41) is 7.24. The third-order valence-electron chi connectivity index (χ3n) is 2.86. The largest absolute Gasteiger partial charge is 0.489 e. The van der Waals surface area contributed by atoms with E-state index in [-0.39, 0.29) is 0 Å². The quantitative estimate of drug-likeness (QED) is 0.425. The first-order valence-electron chi connectivity index (χ1n) is 5.76. The fraction of sp³-hybridized carbons (Fsp3) is 0.615. The Bertz CT molecular complexity index is 247. The fourth-order valence-corrected chi connectivity index (χ4v) is 1.85. The summed E-state index contributed by atoms with van der Waals surface area (Å²) in [6.07, 6.45) is 12.1. The summed E-state index contributed by atoms with van der Waals surface area (Å²) in [5.74, 6) is 1.51. The first-order valence-corrected chi connectivity index (χ1v) is 5.76. The Kier molecular flexibility index (Phi) is 5.16. The van der Waals surface area contributed by atoms with Crippen LogP contribution in [0.3, 0.4) is 0 Å². The summed E-state index contributed by atoms with van der Waals surface area (Å²) >= 11 is 0. The van der Waals surface area contributed by atoms with Gasteiger partial charge in [0.25, 0.3) is 0 Å². The number of ether oxygens (including phenoxy) is 1. The van der Waals surface area contributed by atoms with E-state index in [0.717, 1.165) is 18.8 Å². The molecule has 0 aromatic carbocycles. The molecule has 1 rings (SSSR count). The Labute approximate surface area is 92.5 Å². The molecule has 1 aliphatic rings. The molecular weight excluding hydrogens is 186 g/mol. The van der Waals surface area contributed by atoms with Crippen LogP contribution in [0.4, 0.5) is 0 Å². The molecule has 1 fully saturated rings. The zero-order valence-electron chi connectivity index (χ0n) is 9.70. The van der Waals surface area contributed by atoms with Crippen molar-refractivity contribution in [3.05, 3.63) is 24.0 Å². The molecule has 0 aromatic rings. The molecule has 1 N–H and O–H groups in total. The zero-order valence-corrected chi connectivity index (χ0v) is 9.70. The fourth-order valence-electron chi connectivity index (χ4n) is 1.85. The lowest BCUT2D eigenvalue weighted by Gasteiger charge is -2.26. The van der Waals surface area contributed by atoms with Crippen LogP contribution < -0.4 is 0 Å². The number of hydrogen-bond donors (Lipinski definition) is 1. The Morgan fingerprint density at radius 3 is 2.47 bits per heavy atom. The maximum Gasteiger partial charge on any atom is 0.137 e. The van der Waals surface area contributed by atoms with E-state index in [2.05, 4.69) is 6.92 Å². The second kappa shape index (κ2) is 6.44. The van der Waals surface area contributed by atoms with Gasteiger partial charge in [-0.3, -0.25) is 0 Å². The minimum absolute atomic E-state index is 0.319. The molecule has 0 aromatic heterocycles. The van der Waals surface area contributed by atoms with E-state index in [0.29, 0.717) is 11.9 Å². The van der Waals surface area contributed by atoms with E-state index in [1.807, 2.05) is 25.2 Å². The van der Waals surface area contributed by atoms with Crippen LogP contribution in [-0.4, -0.2) is 12.3 Å². The standard InChI is InChI=1S/C13H21NO/c1-3-4-5-13(10-14)15-12-8-6-11(2)7-9-12/h3-5,10-12,14H,6-9H2,1-2H3/b4-3-,13-5+,14-10?/t11-,12-. The van der Waals surface area contributed by atoms with Crippen molar-refractivity contribution in [3.8, 4) is 0 Å². The average Bonchev–Trinajstić information content (AvgIpc) is 2.27. The highest BCUT2D eigenvalue weighted by Crippen LogP contribution is 2.26. The van der Waals surface area contributed by atoms with E-state index in [1.165, 1.54) is 19.1 Å². The van der Waals surface area contributed by atoms with E-state index < -0.39 is 0 Å². The SMILES string of the molecule is C/C=C\C=C(/C=N)O[C@H]1CC[C@H](C)CC1. The maximum atomic E-state index is 7.24. The van der Waals surface area contributed by atoms with Gasteiger partial charge in [0, 0.05) is 0 Å². The van der Waals surface area contributed by atoms with Crippen LogP contribution in [0, 0.1) is 11.3 Å². The molecule has 0 radical (unpaired) electrons. The third kappa shape index (κ3) is 4.32. The van der Waals surface area contributed by atoms with E-state index in [4.69, 9.17) is 10.1 Å². The molecule has 15 heavy (non-hydrogen) atoms. The van der Waals surface area contributed by atoms with Gasteiger partial charge in [0.1, 0.15) is 5.76 Å². The lowest BCUT2D eigenvalue weighted by atomic mass is 9.89. The predicted molar refractivity (Wildman–Crippen MR) is 64.2 cm³/mol. The van der Waals surface area contributed by atoms with E-state index >= 15 is 0 Å². The highest BCUT2D eigenvalue weighted by Gasteiger charge is 2.19. The van der Waals surface area contributed by atoms with Crippen molar-refractivity contribution in [2.45, 2.75) is 45.6 Å². The molecule has 0 unspecified atom stereocenters. The number of allylic oxidation sites excluding steroid dienone is 4. The zero-order chi connectivity index (χ0) is 11.1. The molecule has 2 heteroatoms. The lowest BCUT2D eigenvalue weighted by molar-refractivity contribution is 0.0815. The van der Waals surface area contributed by atoms with Gasteiger partial charge in [-0.25, -0.2) is 0 Å². The predicted octanol–water partition coefficient (Wildman–Crippen LogP) is 3.69. The Balaban J connectivity index is 2.42. The van der Waals surface area contributed by atoms with Crippen molar-refractivity contribution in [1.82, 2.24) is 0 Å². The molecule has 0 saturated heterocycles. The molecule has 0 heterocycles. The summed E-state index contributed by atoms with van der Waals surface area (Å²) < 4.78 is 5.76. The summed E-state index contributed by atoms with van der Waals surface area (Å²) in [6.45, 7) is 4.25. The summed E-state index contributed by atoms with van der Waals surface area (Å²) in [4.78, 5) is 0. The maximum absolute atomic E-state index is 7.24. The van der Waals surface area contributed by atoms with Crippen LogP contribution in [0.25, 0.3) is 0 Å². The monoisotopic (exact) mass is 207 g/mol. The Hall–Kier alpha value is -1.05. The molecule has 0 bridgehead atoms. The number of rotatable bonds is 4. The highest BCUT2D eigenvalue weighted by molar-refractivity contribution is 5.73. The van der Waals surface area contributed by atoms with Crippen LogP contribution in [0.1, 0.15) is 39.5 Å². The van der Waals surface area contributed by atoms with Gasteiger partial charge < -0.3 is 10.1 Å². The smallest absolute Gasteiger partial charge is 0.137 e. The average molecular weight is 207 g/mol. The first kappa shape index (κ1) is 12.0. The minimum atomic E-state index is 0.319. The highest BCUT2D eigenvalue weighted by atomic mass is 16.5. The van der Waals surface area contributed by atoms with Crippen molar-refractivity contribution < 1.29 is 4.74 Å². The molecular formula is C13H21NO. The van der Waals surface area contributed by atoms with Crippen LogP contribution in [0.15, 0.2) is 24.0 Å². The van der Waals surface area contributed by atoms with Gasteiger partial charge in [0.15, 0.2) is 0 Å². The molecule has 1 aliphatic carbocycles. The molecule has 84 valence electrons. The second-order valence-electron chi connectivity index (χ2n) is 4.24. The van der Waals surface area contributed by atoms with Crippen molar-refractivity contribution in [2.24, 2.45) is 5.92 Å². The number of nitrogens with one attached hydrogen (secondary N) is 1. The van der Waals surface area contributed by atoms with Crippen LogP contribution in [0.5, 0.6) is 0 Å². The summed E-state index contributed by atoms with van der Waals surface area (Å²) in [6, 6.07) is 0. The van der Waals surface area contributed by atoms with Crippen molar-refractivity contribution in [2.75, 3.05) is 0 Å². The summed E-state index contributed by atoms with van der Waals surface area (Å²) in [7, 11) is 0. The molecule has 1 saturated carbocycles. The van der Waals surface area contributed by atoms with Crippen molar-refractivity contribution in [1.29, 1.82) is 5.41 Å². The van der Waals surface area contributed by atoms with Crippen molar-refractivity contribution >= 4 is 6.21 Å². The molecule has 0 aliphatic heterocycles. The van der Waals surface area contributed by atoms with Gasteiger partial charge in [-0.1, -0.05) is 19.1 Å². The van der Waals surface area contributed by atoms with E-state index in [9.17, 15) is 0 Å². The van der Waals surface area contributed by atoms with Crippen LogP contribution in [0.2, 0.25) is 0 Å². The van der Waals surface area contributed by atoms with E-state index in [1.54, 1.807) is 0 Å². The van der Waals surface area contributed by atoms with Gasteiger partial charge >= 0.3 is 0 Å². The van der Waals surface area contributed by atoms with Crippen LogP contribution in [-0.2, 0) is 4.74 Å². The molecule has 2 nitrogen and oxygen atoms in total. The Morgan fingerprint density at radius 2 is 1.93 bits per heavy atom. The number of hydrogen-bond acceptors (Lipinski definition) is 2. The van der Waals surface area contributed by atoms with Gasteiger partial charge in [-0.05, 0) is 44.6 Å².